The lowest BCUT2D eigenvalue weighted by molar-refractivity contribution is -0.383. The van der Waals surface area contributed by atoms with Crippen molar-refractivity contribution in [2.45, 2.75) is 37.1 Å². The second kappa shape index (κ2) is 8.97. The van der Waals surface area contributed by atoms with E-state index in [1.807, 2.05) is 11.0 Å². The molecule has 0 spiro atoms. The molecule has 2 aromatic rings. The third kappa shape index (κ3) is 4.38. The molecule has 170 valence electrons. The molecule has 1 atom stereocenters. The molecule has 0 bridgehead atoms. The maximum atomic E-state index is 13.1. The van der Waals surface area contributed by atoms with Gasteiger partial charge < -0.3 is 5.32 Å². The van der Waals surface area contributed by atoms with Crippen LogP contribution in [0.15, 0.2) is 47.4 Å². The van der Waals surface area contributed by atoms with Gasteiger partial charge >= 0.3 is 0 Å². The Morgan fingerprint density at radius 3 is 2.47 bits per heavy atom. The molecule has 4 rings (SSSR count). The monoisotopic (exact) mass is 458 g/mol. The van der Waals surface area contributed by atoms with E-state index < -0.39 is 21.0 Å². The summed E-state index contributed by atoms with van der Waals surface area (Å²) in [6, 6.07) is 10.8. The van der Waals surface area contributed by atoms with Crippen LogP contribution < -0.4 is 5.32 Å². The first-order valence-electron chi connectivity index (χ1n) is 10.7. The van der Waals surface area contributed by atoms with Gasteiger partial charge in [-0.1, -0.05) is 18.2 Å². The molecule has 2 aromatic carbocycles. The minimum atomic E-state index is -3.59. The standard InChI is InChI=1S/C22H26N4O5S/c1-16(22(27)23-20-7-2-3-8-21(20)26(28)29)24-11-13-25(14-12-24)32(30,31)19-10-9-17-5-4-6-18(17)15-19/h2-3,7-10,15-16H,4-6,11-14H2,1H3,(H,23,27). The number of amides is 1. The second-order valence-corrected chi connectivity index (χ2v) is 10.1. The molecular weight excluding hydrogens is 432 g/mol. The molecule has 32 heavy (non-hydrogen) atoms. The number of hydrogen-bond acceptors (Lipinski definition) is 6. The van der Waals surface area contributed by atoms with Gasteiger partial charge in [-0.25, -0.2) is 8.42 Å². The smallest absolute Gasteiger partial charge is 0.292 e. The first-order chi connectivity index (χ1) is 15.3. The summed E-state index contributed by atoms with van der Waals surface area (Å²) in [6.45, 7) is 3.07. The highest BCUT2D eigenvalue weighted by Gasteiger charge is 2.32. The highest BCUT2D eigenvalue weighted by atomic mass is 32.2. The normalized spacial score (nSPS) is 18.2. The fourth-order valence-electron chi connectivity index (χ4n) is 4.33. The third-order valence-corrected chi connectivity index (χ3v) is 8.16. The van der Waals surface area contributed by atoms with Gasteiger partial charge in [-0.2, -0.15) is 4.31 Å². The molecule has 0 aromatic heterocycles. The van der Waals surface area contributed by atoms with Crippen molar-refractivity contribution in [3.8, 4) is 0 Å². The Labute approximate surface area is 187 Å². The number of nitrogens with zero attached hydrogens (tertiary/aromatic N) is 3. The Balaban J connectivity index is 1.39. The highest BCUT2D eigenvalue weighted by Crippen LogP contribution is 2.27. The van der Waals surface area contributed by atoms with Crippen molar-refractivity contribution in [1.82, 2.24) is 9.21 Å². The maximum Gasteiger partial charge on any atom is 0.292 e. The van der Waals surface area contributed by atoms with Gasteiger partial charge in [0.25, 0.3) is 5.69 Å². The van der Waals surface area contributed by atoms with E-state index in [2.05, 4.69) is 5.32 Å². The average Bonchev–Trinajstić information content (AvgIpc) is 3.27. The van der Waals surface area contributed by atoms with Gasteiger partial charge in [-0.3, -0.25) is 19.8 Å². The Morgan fingerprint density at radius 1 is 1.06 bits per heavy atom. The number of anilines is 1. The number of sulfonamides is 1. The molecule has 1 N–H and O–H groups in total. The van der Waals surface area contributed by atoms with Crippen molar-refractivity contribution in [3.05, 3.63) is 63.7 Å². The van der Waals surface area contributed by atoms with Gasteiger partial charge in [-0.15, -0.1) is 0 Å². The number of hydrogen-bond donors (Lipinski definition) is 1. The van der Waals surface area contributed by atoms with Crippen LogP contribution in [0.1, 0.15) is 24.5 Å². The fourth-order valence-corrected chi connectivity index (χ4v) is 5.80. The van der Waals surface area contributed by atoms with Gasteiger partial charge in [0, 0.05) is 32.2 Å². The van der Waals surface area contributed by atoms with Crippen molar-refractivity contribution >= 4 is 27.3 Å². The number of carbonyl (C=O) groups excluding carboxylic acids is 1. The Bertz CT molecular complexity index is 1140. The molecule has 1 unspecified atom stereocenters. The lowest BCUT2D eigenvalue weighted by Crippen LogP contribution is -2.53. The number of piperazine rings is 1. The zero-order chi connectivity index (χ0) is 22.9. The van der Waals surface area contributed by atoms with Crippen LogP contribution in [0.25, 0.3) is 0 Å². The van der Waals surface area contributed by atoms with E-state index in [1.165, 1.54) is 28.1 Å². The predicted octanol–water partition coefficient (Wildman–Crippen LogP) is 2.42. The highest BCUT2D eigenvalue weighted by molar-refractivity contribution is 7.89. The Kier molecular flexibility index (Phi) is 6.27. The largest absolute Gasteiger partial charge is 0.319 e. The van der Waals surface area contributed by atoms with E-state index in [9.17, 15) is 23.3 Å². The molecular formula is C22H26N4O5S. The average molecular weight is 459 g/mol. The minimum absolute atomic E-state index is 0.146. The first kappa shape index (κ1) is 22.4. The summed E-state index contributed by atoms with van der Waals surface area (Å²) in [6.07, 6.45) is 2.97. The van der Waals surface area contributed by atoms with Gasteiger partial charge in [-0.05, 0) is 55.5 Å². The number of nitro groups is 1. The molecule has 1 aliphatic heterocycles. The Hall–Kier alpha value is -2.82. The summed E-state index contributed by atoms with van der Waals surface area (Å²) >= 11 is 0. The Morgan fingerprint density at radius 2 is 1.75 bits per heavy atom. The summed E-state index contributed by atoms with van der Waals surface area (Å²) in [5.41, 5.74) is 2.32. The van der Waals surface area contributed by atoms with E-state index in [1.54, 1.807) is 25.1 Å². The van der Waals surface area contributed by atoms with Crippen molar-refractivity contribution < 1.29 is 18.1 Å². The van der Waals surface area contributed by atoms with Crippen molar-refractivity contribution in [3.63, 3.8) is 0 Å². The van der Waals surface area contributed by atoms with Gasteiger partial charge in [0.2, 0.25) is 15.9 Å². The maximum absolute atomic E-state index is 13.1. The number of fused-ring (bicyclic) bond motifs is 1. The van der Waals surface area contributed by atoms with Crippen LogP contribution in [0.2, 0.25) is 0 Å². The van der Waals surface area contributed by atoms with Crippen LogP contribution in [0.4, 0.5) is 11.4 Å². The van der Waals surface area contributed by atoms with E-state index in [0.29, 0.717) is 18.0 Å². The number of nitro benzene ring substituents is 1. The van der Waals surface area contributed by atoms with Crippen molar-refractivity contribution in [2.24, 2.45) is 0 Å². The summed E-state index contributed by atoms with van der Waals surface area (Å²) in [4.78, 5) is 25.5. The lowest BCUT2D eigenvalue weighted by Gasteiger charge is -2.36. The fraction of sp³-hybridized carbons (Fsp3) is 0.409. The lowest BCUT2D eigenvalue weighted by atomic mass is 10.1. The molecule has 9 nitrogen and oxygen atoms in total. The molecule has 1 amide bonds. The molecule has 1 saturated heterocycles. The number of para-hydroxylation sites is 2. The van der Waals surface area contributed by atoms with Gasteiger partial charge in [0.05, 0.1) is 15.9 Å². The van der Waals surface area contributed by atoms with E-state index in [0.717, 1.165) is 24.8 Å². The van der Waals surface area contributed by atoms with Gasteiger partial charge in [0.1, 0.15) is 5.69 Å². The topological polar surface area (TPSA) is 113 Å². The zero-order valence-electron chi connectivity index (χ0n) is 17.9. The summed E-state index contributed by atoms with van der Waals surface area (Å²) in [5.74, 6) is -0.366. The van der Waals surface area contributed by atoms with Crippen LogP contribution >= 0.6 is 0 Å². The predicted molar refractivity (Wildman–Crippen MR) is 120 cm³/mol. The third-order valence-electron chi connectivity index (χ3n) is 6.27. The summed E-state index contributed by atoms with van der Waals surface area (Å²) in [5, 5.41) is 13.8. The minimum Gasteiger partial charge on any atom is -0.319 e. The quantitative estimate of drug-likeness (QED) is 0.525. The van der Waals surface area contributed by atoms with Crippen LogP contribution in [-0.2, 0) is 27.7 Å². The number of nitrogens with one attached hydrogen (secondary N) is 1. The molecule has 1 heterocycles. The number of aryl methyl sites for hydroxylation is 2. The number of benzene rings is 2. The van der Waals surface area contributed by atoms with Crippen LogP contribution in [0, 0.1) is 10.1 Å². The van der Waals surface area contributed by atoms with Crippen molar-refractivity contribution in [1.29, 1.82) is 0 Å². The molecule has 0 saturated carbocycles. The van der Waals surface area contributed by atoms with E-state index in [-0.39, 0.29) is 30.4 Å². The van der Waals surface area contributed by atoms with Crippen LogP contribution in [-0.4, -0.2) is 60.7 Å². The molecule has 1 fully saturated rings. The summed E-state index contributed by atoms with van der Waals surface area (Å²) < 4.78 is 27.7. The van der Waals surface area contributed by atoms with Crippen molar-refractivity contribution in [2.75, 3.05) is 31.5 Å². The van der Waals surface area contributed by atoms with E-state index >= 15 is 0 Å². The number of carbonyl (C=O) groups is 1. The van der Waals surface area contributed by atoms with Gasteiger partial charge in [0.15, 0.2) is 0 Å². The molecule has 0 radical (unpaired) electrons. The molecule has 1 aliphatic carbocycles. The molecule has 10 heteroatoms. The first-order valence-corrected chi connectivity index (χ1v) is 12.1. The second-order valence-electron chi connectivity index (χ2n) is 8.16. The van der Waals surface area contributed by atoms with E-state index in [4.69, 9.17) is 0 Å². The molecule has 2 aliphatic rings. The number of rotatable bonds is 6. The summed E-state index contributed by atoms with van der Waals surface area (Å²) in [7, 11) is -3.59. The van der Waals surface area contributed by atoms with Crippen LogP contribution in [0.3, 0.4) is 0 Å². The van der Waals surface area contributed by atoms with Crippen LogP contribution in [0.5, 0.6) is 0 Å². The zero-order valence-corrected chi connectivity index (χ0v) is 18.7. The SMILES string of the molecule is CC(C(=O)Nc1ccccc1[N+](=O)[O-])N1CCN(S(=O)(=O)c2ccc3c(c2)CCC3)CC1.